The molecule has 31 heavy (non-hydrogen) atoms. The predicted octanol–water partition coefficient (Wildman–Crippen LogP) is 6.55. The highest BCUT2D eigenvalue weighted by Gasteiger charge is 2.41. The molecule has 3 aromatic rings. The number of carbonyl (C=O) groups excluding carboxylic acids is 2. The molecule has 0 fully saturated rings. The summed E-state index contributed by atoms with van der Waals surface area (Å²) in [7, 11) is 0. The molecule has 4 rings (SSSR count). The molecule has 0 atom stereocenters. The van der Waals surface area contributed by atoms with Crippen LogP contribution in [0.25, 0.3) is 0 Å². The van der Waals surface area contributed by atoms with Crippen LogP contribution in [0.1, 0.15) is 12.5 Å². The minimum absolute atomic E-state index is 0.217. The van der Waals surface area contributed by atoms with Crippen LogP contribution in [0.15, 0.2) is 88.3 Å². The van der Waals surface area contributed by atoms with Crippen molar-refractivity contribution in [1.82, 2.24) is 0 Å². The Labute approximate surface area is 194 Å². The third kappa shape index (κ3) is 4.49. The van der Waals surface area contributed by atoms with Gasteiger partial charge in [-0.2, -0.15) is 0 Å². The van der Waals surface area contributed by atoms with Gasteiger partial charge in [-0.1, -0.05) is 66.2 Å². The first-order chi connectivity index (χ1) is 15.0. The maximum atomic E-state index is 13.3. The third-order valence-electron chi connectivity index (χ3n) is 4.80. The molecule has 1 heterocycles. The average molecular weight is 469 g/mol. The fraction of sp³-hybridized carbons (Fsp3) is 0.0833. The summed E-state index contributed by atoms with van der Waals surface area (Å²) in [6.07, 6.45) is 0.915. The van der Waals surface area contributed by atoms with E-state index in [-0.39, 0.29) is 5.70 Å². The first-order valence-electron chi connectivity index (χ1n) is 9.65. The number of anilines is 2. The highest BCUT2D eigenvalue weighted by Crippen LogP contribution is 2.39. The molecule has 1 aliphatic rings. The Kier molecular flexibility index (Phi) is 6.37. The Hall–Kier alpha value is -2.73. The van der Waals surface area contributed by atoms with E-state index in [1.807, 2.05) is 36.4 Å². The van der Waals surface area contributed by atoms with Gasteiger partial charge in [0.2, 0.25) is 0 Å². The predicted molar refractivity (Wildman–Crippen MR) is 128 cm³/mol. The van der Waals surface area contributed by atoms with Crippen molar-refractivity contribution >= 4 is 58.2 Å². The van der Waals surface area contributed by atoms with E-state index in [0.29, 0.717) is 20.6 Å². The minimum Gasteiger partial charge on any atom is -0.350 e. The van der Waals surface area contributed by atoms with E-state index in [1.165, 1.54) is 17.3 Å². The topological polar surface area (TPSA) is 49.4 Å². The van der Waals surface area contributed by atoms with E-state index >= 15 is 0 Å². The zero-order valence-electron chi connectivity index (χ0n) is 16.6. The summed E-state index contributed by atoms with van der Waals surface area (Å²) in [5, 5.41) is 4.07. The molecule has 7 heteroatoms. The summed E-state index contributed by atoms with van der Waals surface area (Å²) in [5.74, 6) is -0.875. The van der Waals surface area contributed by atoms with Gasteiger partial charge in [-0.05, 0) is 60.5 Å². The van der Waals surface area contributed by atoms with Gasteiger partial charge in [-0.25, -0.2) is 4.90 Å². The molecule has 0 spiro atoms. The third-order valence-corrected chi connectivity index (χ3v) is 6.46. The second-order valence-corrected chi connectivity index (χ2v) is 8.76. The lowest BCUT2D eigenvalue weighted by molar-refractivity contribution is -0.120. The van der Waals surface area contributed by atoms with E-state index in [0.717, 1.165) is 21.9 Å². The zero-order chi connectivity index (χ0) is 22.0. The molecule has 0 aliphatic carbocycles. The Morgan fingerprint density at radius 3 is 2.19 bits per heavy atom. The number of thioether (sulfide) groups is 1. The smallest absolute Gasteiger partial charge is 0.283 e. The Bertz CT molecular complexity index is 1170. The van der Waals surface area contributed by atoms with E-state index in [2.05, 4.69) is 12.2 Å². The summed E-state index contributed by atoms with van der Waals surface area (Å²) in [4.78, 5) is 28.9. The molecule has 1 aliphatic heterocycles. The van der Waals surface area contributed by atoms with Crippen LogP contribution in [0, 0.1) is 0 Å². The number of hydrogen-bond acceptors (Lipinski definition) is 4. The first-order valence-corrected chi connectivity index (χ1v) is 11.2. The number of amides is 2. The number of benzene rings is 3. The van der Waals surface area contributed by atoms with Gasteiger partial charge in [0.25, 0.3) is 11.8 Å². The Balaban J connectivity index is 1.74. The molecular weight excluding hydrogens is 451 g/mol. The minimum atomic E-state index is -0.450. The van der Waals surface area contributed by atoms with Gasteiger partial charge in [0, 0.05) is 15.6 Å². The van der Waals surface area contributed by atoms with Crippen LogP contribution in [-0.2, 0) is 16.0 Å². The van der Waals surface area contributed by atoms with Gasteiger partial charge in [0.15, 0.2) is 0 Å². The number of halogens is 2. The lowest BCUT2D eigenvalue weighted by atomic mass is 10.1. The molecule has 0 radical (unpaired) electrons. The van der Waals surface area contributed by atoms with Gasteiger partial charge < -0.3 is 5.32 Å². The number of nitrogens with one attached hydrogen (secondary N) is 1. The van der Waals surface area contributed by atoms with E-state index < -0.39 is 11.8 Å². The van der Waals surface area contributed by atoms with E-state index in [1.54, 1.807) is 36.4 Å². The van der Waals surface area contributed by atoms with Crippen molar-refractivity contribution in [3.05, 3.63) is 99.0 Å². The standard InChI is InChI=1S/C24H18Cl2N2O2S/c1-2-15-7-11-17(12-8-15)27-21-22(31-18-13-9-16(25)10-14-18)24(30)28(23(21)29)20-6-4-3-5-19(20)26/h3-14,27H,2H2,1H3. The number of para-hydroxylation sites is 1. The van der Waals surface area contributed by atoms with Gasteiger partial charge in [-0.15, -0.1) is 0 Å². The Morgan fingerprint density at radius 1 is 0.871 bits per heavy atom. The SMILES string of the molecule is CCc1ccc(NC2=C(Sc3ccc(Cl)cc3)C(=O)N(c3ccccc3Cl)C2=O)cc1. The zero-order valence-corrected chi connectivity index (χ0v) is 18.9. The van der Waals surface area contributed by atoms with Crippen molar-refractivity contribution in [3.63, 3.8) is 0 Å². The molecule has 0 saturated heterocycles. The van der Waals surface area contributed by atoms with Crippen LogP contribution in [0.5, 0.6) is 0 Å². The molecule has 1 N–H and O–H groups in total. The van der Waals surface area contributed by atoms with Crippen molar-refractivity contribution in [2.45, 2.75) is 18.2 Å². The maximum Gasteiger partial charge on any atom is 0.283 e. The molecule has 0 aromatic heterocycles. The molecule has 0 bridgehead atoms. The first kappa shape index (κ1) is 21.5. The van der Waals surface area contributed by atoms with Crippen molar-refractivity contribution in [1.29, 1.82) is 0 Å². The summed E-state index contributed by atoms with van der Waals surface area (Å²) in [6, 6.07) is 21.7. The van der Waals surface area contributed by atoms with Gasteiger partial charge >= 0.3 is 0 Å². The van der Waals surface area contributed by atoms with Gasteiger partial charge in [-0.3, -0.25) is 9.59 Å². The number of carbonyl (C=O) groups is 2. The van der Waals surface area contributed by atoms with Crippen molar-refractivity contribution in [3.8, 4) is 0 Å². The largest absolute Gasteiger partial charge is 0.350 e. The van der Waals surface area contributed by atoms with E-state index in [9.17, 15) is 9.59 Å². The maximum absolute atomic E-state index is 13.3. The normalized spacial score (nSPS) is 13.8. The van der Waals surface area contributed by atoms with Crippen LogP contribution in [-0.4, -0.2) is 11.8 Å². The fourth-order valence-electron chi connectivity index (χ4n) is 3.16. The van der Waals surface area contributed by atoms with Crippen LogP contribution in [0.4, 0.5) is 11.4 Å². The lowest BCUT2D eigenvalue weighted by Crippen LogP contribution is -2.32. The molecule has 156 valence electrons. The second kappa shape index (κ2) is 9.18. The highest BCUT2D eigenvalue weighted by molar-refractivity contribution is 8.04. The average Bonchev–Trinajstić information content (AvgIpc) is 3.00. The number of hydrogen-bond donors (Lipinski definition) is 1. The summed E-state index contributed by atoms with van der Waals surface area (Å²) < 4.78 is 0. The van der Waals surface area contributed by atoms with Gasteiger partial charge in [0.1, 0.15) is 10.6 Å². The second-order valence-electron chi connectivity index (χ2n) is 6.83. The summed E-state index contributed by atoms with van der Waals surface area (Å²) in [6.45, 7) is 2.08. The summed E-state index contributed by atoms with van der Waals surface area (Å²) >= 11 is 13.5. The van der Waals surface area contributed by atoms with Crippen LogP contribution in [0.2, 0.25) is 10.0 Å². The molecule has 2 amide bonds. The quantitative estimate of drug-likeness (QED) is 0.416. The fourth-order valence-corrected chi connectivity index (χ4v) is 4.43. The highest BCUT2D eigenvalue weighted by atomic mass is 35.5. The molecule has 4 nitrogen and oxygen atoms in total. The lowest BCUT2D eigenvalue weighted by Gasteiger charge is -2.16. The van der Waals surface area contributed by atoms with Crippen LogP contribution >= 0.6 is 35.0 Å². The monoisotopic (exact) mass is 468 g/mol. The van der Waals surface area contributed by atoms with Gasteiger partial charge in [0.05, 0.1) is 10.7 Å². The molecule has 0 unspecified atom stereocenters. The number of nitrogens with zero attached hydrogens (tertiary/aromatic N) is 1. The summed E-state index contributed by atoms with van der Waals surface area (Å²) in [5.41, 5.74) is 2.48. The van der Waals surface area contributed by atoms with Crippen molar-refractivity contribution in [2.75, 3.05) is 10.2 Å². The molecule has 0 saturated carbocycles. The van der Waals surface area contributed by atoms with Crippen LogP contribution in [0.3, 0.4) is 0 Å². The van der Waals surface area contributed by atoms with Crippen molar-refractivity contribution in [2.24, 2.45) is 0 Å². The Morgan fingerprint density at radius 2 is 1.55 bits per heavy atom. The van der Waals surface area contributed by atoms with Crippen LogP contribution < -0.4 is 10.2 Å². The molecule has 3 aromatic carbocycles. The van der Waals surface area contributed by atoms with E-state index in [4.69, 9.17) is 23.2 Å². The van der Waals surface area contributed by atoms with Crippen molar-refractivity contribution < 1.29 is 9.59 Å². The number of rotatable bonds is 6. The number of aryl methyl sites for hydroxylation is 1. The molecular formula is C24H18Cl2N2O2S. The number of imide groups is 1.